The molecule has 0 bridgehead atoms. The van der Waals surface area contributed by atoms with E-state index >= 15 is 0 Å². The van der Waals surface area contributed by atoms with Crippen LogP contribution >= 0.6 is 0 Å². The third kappa shape index (κ3) is 11.2. The smallest absolute Gasteiger partial charge is 0.321 e. The number of carboxylic acids is 1. The molecule has 3 amide bonds. The summed E-state index contributed by atoms with van der Waals surface area (Å²) in [7, 11) is 0. The lowest BCUT2D eigenvalue weighted by Gasteiger charge is -2.18. The Morgan fingerprint density at radius 1 is 1.16 bits per heavy atom. The van der Waals surface area contributed by atoms with Crippen molar-refractivity contribution in [1.82, 2.24) is 10.6 Å². The topological polar surface area (TPSA) is 95.5 Å². The van der Waals surface area contributed by atoms with Gasteiger partial charge in [-0.25, -0.2) is 4.79 Å². The molecule has 0 heterocycles. The van der Waals surface area contributed by atoms with Crippen LogP contribution in [0.15, 0.2) is 0 Å². The Hall–Kier alpha value is -1.59. The molecule has 0 aromatic rings. The van der Waals surface area contributed by atoms with Crippen molar-refractivity contribution in [3.63, 3.8) is 0 Å². The second kappa shape index (κ2) is 7.76. The SMILES string of the molecule is CC(CC(=O)O)CC(=O)NC(=O)NCCC(C)(C)C. The van der Waals surface area contributed by atoms with Gasteiger partial charge >= 0.3 is 12.0 Å². The normalized spacial score (nSPS) is 12.6. The van der Waals surface area contributed by atoms with Gasteiger partial charge in [-0.1, -0.05) is 27.7 Å². The first-order valence-electron chi connectivity index (χ1n) is 6.39. The number of rotatable bonds is 6. The second-order valence-electron chi connectivity index (χ2n) is 6.02. The van der Waals surface area contributed by atoms with Gasteiger partial charge in [-0.15, -0.1) is 0 Å². The van der Waals surface area contributed by atoms with E-state index in [4.69, 9.17) is 5.11 Å². The monoisotopic (exact) mass is 272 g/mol. The molecule has 0 fully saturated rings. The Morgan fingerprint density at radius 3 is 2.21 bits per heavy atom. The van der Waals surface area contributed by atoms with E-state index in [2.05, 4.69) is 31.4 Å². The highest BCUT2D eigenvalue weighted by Gasteiger charge is 2.15. The van der Waals surface area contributed by atoms with Gasteiger partial charge < -0.3 is 10.4 Å². The van der Waals surface area contributed by atoms with Gasteiger partial charge in [0.15, 0.2) is 0 Å². The van der Waals surface area contributed by atoms with Gasteiger partial charge in [0.25, 0.3) is 0 Å². The van der Waals surface area contributed by atoms with Crippen molar-refractivity contribution in [3.05, 3.63) is 0 Å². The van der Waals surface area contributed by atoms with Crippen LogP contribution in [-0.2, 0) is 9.59 Å². The minimum absolute atomic E-state index is 0.0268. The van der Waals surface area contributed by atoms with E-state index in [0.29, 0.717) is 6.54 Å². The molecule has 19 heavy (non-hydrogen) atoms. The van der Waals surface area contributed by atoms with E-state index in [1.165, 1.54) is 0 Å². The standard InChI is InChI=1S/C13H24N2O4/c1-9(8-11(17)18)7-10(16)15-12(19)14-6-5-13(2,3)4/h9H,5-8H2,1-4H3,(H,17,18)(H2,14,15,16,19). The summed E-state index contributed by atoms with van der Waals surface area (Å²) in [4.78, 5) is 33.3. The zero-order valence-corrected chi connectivity index (χ0v) is 12.1. The molecule has 0 aliphatic rings. The number of aliphatic carboxylic acids is 1. The summed E-state index contributed by atoms with van der Waals surface area (Å²) in [5.41, 5.74) is 0.118. The van der Waals surface area contributed by atoms with Crippen LogP contribution in [0.1, 0.15) is 47.0 Å². The number of carboxylic acid groups (broad SMARTS) is 1. The highest BCUT2D eigenvalue weighted by atomic mass is 16.4. The molecule has 0 radical (unpaired) electrons. The Labute approximate surface area is 113 Å². The molecule has 0 saturated heterocycles. The van der Waals surface area contributed by atoms with E-state index in [1.807, 2.05) is 0 Å². The second-order valence-corrected chi connectivity index (χ2v) is 6.02. The predicted molar refractivity (Wildman–Crippen MR) is 71.6 cm³/mol. The van der Waals surface area contributed by atoms with Crippen LogP contribution < -0.4 is 10.6 Å². The van der Waals surface area contributed by atoms with Crippen LogP contribution in [0.25, 0.3) is 0 Å². The number of amides is 3. The van der Waals surface area contributed by atoms with Crippen LogP contribution in [0, 0.1) is 11.3 Å². The van der Waals surface area contributed by atoms with Crippen LogP contribution in [-0.4, -0.2) is 29.6 Å². The molecule has 3 N–H and O–H groups in total. The highest BCUT2D eigenvalue weighted by Crippen LogP contribution is 2.16. The number of carbonyl (C=O) groups is 3. The molecule has 110 valence electrons. The summed E-state index contributed by atoms with van der Waals surface area (Å²) in [6.45, 7) is 8.33. The summed E-state index contributed by atoms with van der Waals surface area (Å²) in [6.07, 6.45) is 0.752. The Bertz CT molecular complexity index is 334. The van der Waals surface area contributed by atoms with Crippen molar-refractivity contribution < 1.29 is 19.5 Å². The molecular formula is C13H24N2O4. The average Bonchev–Trinajstić information content (AvgIpc) is 2.12. The van der Waals surface area contributed by atoms with Gasteiger partial charge in [0.1, 0.15) is 0 Å². The minimum Gasteiger partial charge on any atom is -0.481 e. The lowest BCUT2D eigenvalue weighted by Crippen LogP contribution is -2.41. The highest BCUT2D eigenvalue weighted by molar-refractivity contribution is 5.94. The molecule has 0 aromatic carbocycles. The van der Waals surface area contributed by atoms with Crippen LogP contribution in [0.4, 0.5) is 4.79 Å². The van der Waals surface area contributed by atoms with E-state index in [1.54, 1.807) is 6.92 Å². The van der Waals surface area contributed by atoms with E-state index in [0.717, 1.165) is 6.42 Å². The molecule has 1 unspecified atom stereocenters. The number of nitrogens with one attached hydrogen (secondary N) is 2. The maximum absolute atomic E-state index is 11.4. The number of imide groups is 1. The predicted octanol–water partition coefficient (Wildman–Crippen LogP) is 1.75. The van der Waals surface area contributed by atoms with Crippen LogP contribution in [0.2, 0.25) is 0 Å². The molecular weight excluding hydrogens is 248 g/mol. The fraction of sp³-hybridized carbons (Fsp3) is 0.769. The summed E-state index contributed by atoms with van der Waals surface area (Å²) in [5.74, 6) is -1.70. The molecule has 0 aromatic heterocycles. The first kappa shape index (κ1) is 17.4. The Balaban J connectivity index is 3.87. The van der Waals surface area contributed by atoms with E-state index in [-0.39, 0.29) is 24.2 Å². The fourth-order valence-corrected chi connectivity index (χ4v) is 1.46. The molecule has 1 atom stereocenters. The van der Waals surface area contributed by atoms with Crippen molar-refractivity contribution in [2.24, 2.45) is 11.3 Å². The molecule has 0 saturated carbocycles. The molecule has 0 spiro atoms. The number of urea groups is 1. The van der Waals surface area contributed by atoms with Crippen LogP contribution in [0.3, 0.4) is 0 Å². The summed E-state index contributed by atoms with van der Waals surface area (Å²) in [5, 5.41) is 13.3. The van der Waals surface area contributed by atoms with Crippen molar-refractivity contribution >= 4 is 17.9 Å². The number of carbonyl (C=O) groups excluding carboxylic acids is 2. The number of hydrogen-bond donors (Lipinski definition) is 3. The van der Waals surface area contributed by atoms with Crippen molar-refractivity contribution in [2.75, 3.05) is 6.54 Å². The van der Waals surface area contributed by atoms with Gasteiger partial charge in [-0.3, -0.25) is 14.9 Å². The first-order valence-corrected chi connectivity index (χ1v) is 6.39. The fourth-order valence-electron chi connectivity index (χ4n) is 1.46. The number of hydrogen-bond acceptors (Lipinski definition) is 3. The average molecular weight is 272 g/mol. The van der Waals surface area contributed by atoms with Crippen LogP contribution in [0.5, 0.6) is 0 Å². The summed E-state index contributed by atoms with van der Waals surface area (Å²) < 4.78 is 0. The third-order valence-corrected chi connectivity index (χ3v) is 2.47. The Kier molecular flexibility index (Phi) is 7.11. The molecule has 6 heteroatoms. The summed E-state index contributed by atoms with van der Waals surface area (Å²) in [6, 6.07) is -0.531. The maximum atomic E-state index is 11.4. The molecule has 0 aliphatic carbocycles. The van der Waals surface area contributed by atoms with Crippen molar-refractivity contribution in [3.8, 4) is 0 Å². The summed E-state index contributed by atoms with van der Waals surface area (Å²) >= 11 is 0. The zero-order valence-electron chi connectivity index (χ0n) is 12.1. The molecule has 6 nitrogen and oxygen atoms in total. The van der Waals surface area contributed by atoms with Gasteiger partial charge in [-0.2, -0.15) is 0 Å². The first-order chi connectivity index (χ1) is 8.60. The van der Waals surface area contributed by atoms with Gasteiger partial charge in [0.2, 0.25) is 5.91 Å². The lowest BCUT2D eigenvalue weighted by atomic mass is 9.92. The molecule has 0 rings (SSSR count). The van der Waals surface area contributed by atoms with Gasteiger partial charge in [0, 0.05) is 19.4 Å². The van der Waals surface area contributed by atoms with E-state index in [9.17, 15) is 14.4 Å². The molecule has 0 aliphatic heterocycles. The third-order valence-electron chi connectivity index (χ3n) is 2.47. The lowest BCUT2D eigenvalue weighted by molar-refractivity contribution is -0.138. The Morgan fingerprint density at radius 2 is 1.74 bits per heavy atom. The van der Waals surface area contributed by atoms with Gasteiger partial charge in [0.05, 0.1) is 0 Å². The van der Waals surface area contributed by atoms with Gasteiger partial charge in [-0.05, 0) is 17.8 Å². The largest absolute Gasteiger partial charge is 0.481 e. The maximum Gasteiger partial charge on any atom is 0.321 e. The zero-order chi connectivity index (χ0) is 15.1. The van der Waals surface area contributed by atoms with E-state index < -0.39 is 17.9 Å². The van der Waals surface area contributed by atoms with Crippen molar-refractivity contribution in [2.45, 2.75) is 47.0 Å². The minimum atomic E-state index is -0.949. The quantitative estimate of drug-likeness (QED) is 0.686. The van der Waals surface area contributed by atoms with Crippen molar-refractivity contribution in [1.29, 1.82) is 0 Å².